The largest absolute Gasteiger partial charge is 0.354 e. The van der Waals surface area contributed by atoms with Gasteiger partial charge in [0, 0.05) is 18.5 Å². The molecule has 17 heavy (non-hydrogen) atoms. The number of rotatable bonds is 4. The lowest BCUT2D eigenvalue weighted by atomic mass is 10.1. The van der Waals surface area contributed by atoms with Gasteiger partial charge in [0.2, 0.25) is 5.91 Å². The Morgan fingerprint density at radius 3 is 2.47 bits per heavy atom. The number of fused-ring (bicyclic) bond motifs is 1. The van der Waals surface area contributed by atoms with Crippen molar-refractivity contribution in [1.29, 1.82) is 0 Å². The number of hydrogen-bond donors (Lipinski definition) is 2. The van der Waals surface area contributed by atoms with E-state index in [-0.39, 0.29) is 11.8 Å². The second-order valence-corrected chi connectivity index (χ2v) is 4.81. The number of nitrogens with one attached hydrogen (secondary N) is 2. The minimum absolute atomic E-state index is 0.122. The van der Waals surface area contributed by atoms with Gasteiger partial charge in [-0.25, -0.2) is 0 Å². The van der Waals surface area contributed by atoms with Crippen LogP contribution >= 0.6 is 0 Å². The molecular formula is C14H20N2O. The molecule has 0 aliphatic heterocycles. The number of carbonyl (C=O) groups is 1. The van der Waals surface area contributed by atoms with Gasteiger partial charge in [-0.05, 0) is 37.9 Å². The first-order valence-corrected chi connectivity index (χ1v) is 6.22. The quantitative estimate of drug-likeness (QED) is 0.817. The highest BCUT2D eigenvalue weighted by Gasteiger charge is 2.26. The molecule has 2 rings (SSSR count). The Bertz CT molecular complexity index is 378. The summed E-state index contributed by atoms with van der Waals surface area (Å²) < 4.78 is 0. The van der Waals surface area contributed by atoms with Crippen LogP contribution in [0.15, 0.2) is 24.3 Å². The normalized spacial score (nSPS) is 16.6. The van der Waals surface area contributed by atoms with Crippen molar-refractivity contribution in [3.63, 3.8) is 0 Å². The molecule has 0 spiro atoms. The third kappa shape index (κ3) is 2.86. The average Bonchev–Trinajstić information content (AvgIpc) is 2.79. The van der Waals surface area contributed by atoms with Crippen molar-refractivity contribution in [2.75, 3.05) is 13.6 Å². The number of amides is 1. The fraction of sp³-hybridized carbons (Fsp3) is 0.500. The number of carbonyl (C=O) groups excluding carboxylic acids is 1. The Kier molecular flexibility index (Phi) is 3.79. The summed E-state index contributed by atoms with van der Waals surface area (Å²) in [5.41, 5.74) is 2.66. The lowest BCUT2D eigenvalue weighted by Gasteiger charge is -2.14. The highest BCUT2D eigenvalue weighted by atomic mass is 16.1. The van der Waals surface area contributed by atoms with Gasteiger partial charge in [-0.15, -0.1) is 0 Å². The molecular weight excluding hydrogens is 212 g/mol. The van der Waals surface area contributed by atoms with Crippen molar-refractivity contribution < 1.29 is 4.79 Å². The topological polar surface area (TPSA) is 41.1 Å². The van der Waals surface area contributed by atoms with E-state index in [0.717, 1.165) is 12.8 Å². The molecule has 1 amide bonds. The molecule has 0 radical (unpaired) electrons. The molecule has 1 atom stereocenters. The average molecular weight is 232 g/mol. The highest BCUT2D eigenvalue weighted by molar-refractivity contribution is 5.80. The second-order valence-electron chi connectivity index (χ2n) is 4.81. The number of benzene rings is 1. The van der Waals surface area contributed by atoms with Crippen LogP contribution in [0.5, 0.6) is 0 Å². The minimum Gasteiger partial charge on any atom is -0.354 e. The van der Waals surface area contributed by atoms with E-state index in [9.17, 15) is 4.79 Å². The number of hydrogen-bond acceptors (Lipinski definition) is 2. The van der Waals surface area contributed by atoms with E-state index >= 15 is 0 Å². The van der Waals surface area contributed by atoms with Gasteiger partial charge in [0.25, 0.3) is 0 Å². The van der Waals surface area contributed by atoms with E-state index in [1.54, 1.807) is 0 Å². The molecule has 1 aliphatic carbocycles. The molecule has 0 fully saturated rings. The first-order valence-electron chi connectivity index (χ1n) is 6.22. The fourth-order valence-electron chi connectivity index (χ4n) is 2.24. The molecule has 1 aromatic rings. The molecule has 0 heterocycles. The van der Waals surface area contributed by atoms with Crippen LogP contribution in [0.25, 0.3) is 0 Å². The third-order valence-electron chi connectivity index (χ3n) is 3.50. The first kappa shape index (κ1) is 12.1. The molecule has 3 heteroatoms. The van der Waals surface area contributed by atoms with Crippen LogP contribution in [0.1, 0.15) is 18.1 Å². The molecule has 3 nitrogen and oxygen atoms in total. The monoisotopic (exact) mass is 232 g/mol. The molecule has 1 unspecified atom stereocenters. The summed E-state index contributed by atoms with van der Waals surface area (Å²) in [5, 5.41) is 6.12. The van der Waals surface area contributed by atoms with Crippen LogP contribution < -0.4 is 10.6 Å². The lowest BCUT2D eigenvalue weighted by molar-refractivity contribution is -0.124. The molecule has 92 valence electrons. The predicted molar refractivity (Wildman–Crippen MR) is 68.9 cm³/mol. The van der Waals surface area contributed by atoms with Gasteiger partial charge < -0.3 is 10.6 Å². The third-order valence-corrected chi connectivity index (χ3v) is 3.50. The summed E-state index contributed by atoms with van der Waals surface area (Å²) in [4.78, 5) is 12.0. The van der Waals surface area contributed by atoms with Crippen LogP contribution in [0, 0.1) is 5.92 Å². The van der Waals surface area contributed by atoms with Gasteiger partial charge in [-0.3, -0.25) is 4.79 Å². The van der Waals surface area contributed by atoms with Crippen molar-refractivity contribution in [3.05, 3.63) is 35.4 Å². The summed E-state index contributed by atoms with van der Waals surface area (Å²) >= 11 is 0. The van der Waals surface area contributed by atoms with Crippen LogP contribution in [0.4, 0.5) is 0 Å². The molecule has 0 saturated carbocycles. The van der Waals surface area contributed by atoms with E-state index in [4.69, 9.17) is 0 Å². The maximum Gasteiger partial charge on any atom is 0.223 e. The first-order chi connectivity index (χ1) is 8.20. The lowest BCUT2D eigenvalue weighted by Crippen LogP contribution is -2.40. The van der Waals surface area contributed by atoms with Crippen molar-refractivity contribution in [3.8, 4) is 0 Å². The van der Waals surface area contributed by atoms with Crippen LogP contribution in [0.3, 0.4) is 0 Å². The van der Waals surface area contributed by atoms with Gasteiger partial charge in [0.1, 0.15) is 0 Å². The van der Waals surface area contributed by atoms with Crippen molar-refractivity contribution in [1.82, 2.24) is 10.6 Å². The van der Waals surface area contributed by atoms with Crippen molar-refractivity contribution in [2.45, 2.75) is 25.8 Å². The van der Waals surface area contributed by atoms with Gasteiger partial charge in [0.15, 0.2) is 0 Å². The zero-order valence-electron chi connectivity index (χ0n) is 10.5. The Labute approximate surface area is 103 Å². The van der Waals surface area contributed by atoms with E-state index in [2.05, 4.69) is 29.7 Å². The summed E-state index contributed by atoms with van der Waals surface area (Å²) in [6, 6.07) is 8.66. The molecule has 2 N–H and O–H groups in total. The Hall–Kier alpha value is -1.35. The molecule has 0 aromatic heterocycles. The molecule has 1 aliphatic rings. The van der Waals surface area contributed by atoms with Crippen LogP contribution in [0.2, 0.25) is 0 Å². The van der Waals surface area contributed by atoms with Crippen molar-refractivity contribution >= 4 is 5.91 Å². The summed E-state index contributed by atoms with van der Waals surface area (Å²) in [5.74, 6) is 0.305. The zero-order chi connectivity index (χ0) is 12.3. The minimum atomic E-state index is 0.122. The molecule has 0 bridgehead atoms. The maximum absolute atomic E-state index is 12.0. The summed E-state index contributed by atoms with van der Waals surface area (Å²) in [6.45, 7) is 2.76. The number of likely N-dealkylation sites (N-methyl/N-ethyl adjacent to an activating group) is 1. The van der Waals surface area contributed by atoms with Crippen LogP contribution in [-0.2, 0) is 17.6 Å². The van der Waals surface area contributed by atoms with Gasteiger partial charge in [0.05, 0.1) is 0 Å². The van der Waals surface area contributed by atoms with E-state index < -0.39 is 0 Å². The van der Waals surface area contributed by atoms with Gasteiger partial charge >= 0.3 is 0 Å². The van der Waals surface area contributed by atoms with Gasteiger partial charge in [-0.1, -0.05) is 24.3 Å². The fourth-order valence-corrected chi connectivity index (χ4v) is 2.24. The van der Waals surface area contributed by atoms with E-state index in [1.807, 2.05) is 19.2 Å². The van der Waals surface area contributed by atoms with E-state index in [0.29, 0.717) is 12.6 Å². The second kappa shape index (κ2) is 5.32. The standard InChI is InChI=1S/C14H20N2O/c1-10(15-2)9-16-14(17)13-7-11-5-3-4-6-12(11)8-13/h3-6,10,13,15H,7-9H2,1-2H3,(H,16,17). The molecule has 1 aromatic carbocycles. The summed E-state index contributed by atoms with van der Waals surface area (Å²) in [6.07, 6.45) is 1.77. The maximum atomic E-state index is 12.0. The Balaban J connectivity index is 1.88. The zero-order valence-corrected chi connectivity index (χ0v) is 10.5. The smallest absolute Gasteiger partial charge is 0.223 e. The summed E-state index contributed by atoms with van der Waals surface area (Å²) in [7, 11) is 1.91. The van der Waals surface area contributed by atoms with Gasteiger partial charge in [-0.2, -0.15) is 0 Å². The Morgan fingerprint density at radius 1 is 1.35 bits per heavy atom. The Morgan fingerprint density at radius 2 is 1.94 bits per heavy atom. The predicted octanol–water partition coefficient (Wildman–Crippen LogP) is 1.13. The van der Waals surface area contributed by atoms with Crippen molar-refractivity contribution in [2.24, 2.45) is 5.92 Å². The highest BCUT2D eigenvalue weighted by Crippen LogP contribution is 2.26. The van der Waals surface area contributed by atoms with Crippen LogP contribution in [-0.4, -0.2) is 25.5 Å². The molecule has 0 saturated heterocycles. The van der Waals surface area contributed by atoms with E-state index in [1.165, 1.54) is 11.1 Å². The SMILES string of the molecule is CNC(C)CNC(=O)C1Cc2ccccc2C1.